The second-order valence-electron chi connectivity index (χ2n) is 3.49. The summed E-state index contributed by atoms with van der Waals surface area (Å²) in [4.78, 5) is 8.10. The average Bonchev–Trinajstić information content (AvgIpc) is 2.76. The maximum atomic E-state index is 12.5. The number of imidazole rings is 1. The van der Waals surface area contributed by atoms with Crippen molar-refractivity contribution in [2.24, 2.45) is 0 Å². The van der Waals surface area contributed by atoms with E-state index >= 15 is 0 Å². The van der Waals surface area contributed by atoms with Crippen molar-refractivity contribution in [1.82, 2.24) is 14.5 Å². The molecule has 0 aliphatic carbocycles. The molecule has 0 bridgehead atoms. The van der Waals surface area contributed by atoms with Gasteiger partial charge in [-0.25, -0.2) is 9.97 Å². The number of halogens is 2. The lowest BCUT2D eigenvalue weighted by molar-refractivity contribution is 0.0678. The van der Waals surface area contributed by atoms with Crippen LogP contribution in [0.4, 0.5) is 8.78 Å². The number of hydrogen-bond donors (Lipinski definition) is 0. The van der Waals surface area contributed by atoms with Gasteiger partial charge in [0.15, 0.2) is 0 Å². The van der Waals surface area contributed by atoms with Crippen LogP contribution in [0.25, 0.3) is 0 Å². The first kappa shape index (κ1) is 12.0. The summed E-state index contributed by atoms with van der Waals surface area (Å²) in [6.07, 6.45) is 4.41. The Bertz CT molecular complexity index is 482. The van der Waals surface area contributed by atoms with Crippen LogP contribution in [0.3, 0.4) is 0 Å². The molecule has 0 atom stereocenters. The van der Waals surface area contributed by atoms with Crippen molar-refractivity contribution < 1.29 is 8.78 Å². The minimum atomic E-state index is -2.54. The number of pyridine rings is 1. The first-order valence-electron chi connectivity index (χ1n) is 5.02. The lowest BCUT2D eigenvalue weighted by Gasteiger charge is -2.05. The zero-order valence-electron chi connectivity index (χ0n) is 9.18. The minimum Gasteiger partial charge on any atom is -0.277 e. The Labute approximate surface area is 102 Å². The summed E-state index contributed by atoms with van der Waals surface area (Å²) in [5.41, 5.74) is 1.07. The third-order valence-electron chi connectivity index (χ3n) is 2.19. The monoisotopic (exact) mass is 255 g/mol. The highest BCUT2D eigenvalue weighted by molar-refractivity contribution is 7.98. The fraction of sp³-hybridized carbons (Fsp3) is 0.273. The van der Waals surface area contributed by atoms with Gasteiger partial charge in [0.1, 0.15) is 5.82 Å². The van der Waals surface area contributed by atoms with Gasteiger partial charge in [-0.15, -0.1) is 0 Å². The third kappa shape index (κ3) is 3.03. The van der Waals surface area contributed by atoms with Crippen LogP contribution in [0.1, 0.15) is 17.9 Å². The molecule has 0 unspecified atom stereocenters. The molecule has 0 saturated heterocycles. The summed E-state index contributed by atoms with van der Waals surface area (Å²) < 4.78 is 25.9. The number of nitrogens with zero attached hydrogens (tertiary/aromatic N) is 3. The quantitative estimate of drug-likeness (QED) is 0.785. The maximum absolute atomic E-state index is 12.5. The summed E-state index contributed by atoms with van der Waals surface area (Å²) in [5.74, 6) is 0.736. The zero-order chi connectivity index (χ0) is 12.3. The Morgan fingerprint density at radius 1 is 1.35 bits per heavy atom. The number of alkyl halides is 2. The van der Waals surface area contributed by atoms with Crippen LogP contribution in [-0.4, -0.2) is 14.5 Å². The highest BCUT2D eigenvalue weighted by Crippen LogP contribution is 2.22. The summed E-state index contributed by atoms with van der Waals surface area (Å²) in [6, 6.07) is 3.81. The van der Waals surface area contributed by atoms with Gasteiger partial charge in [0.2, 0.25) is 0 Å². The van der Waals surface area contributed by atoms with E-state index in [1.165, 1.54) is 24.2 Å². The van der Waals surface area contributed by atoms with Gasteiger partial charge in [0.25, 0.3) is 0 Å². The van der Waals surface area contributed by atoms with Gasteiger partial charge >= 0.3 is 6.55 Å². The van der Waals surface area contributed by atoms with E-state index in [-0.39, 0.29) is 0 Å². The molecule has 17 heavy (non-hydrogen) atoms. The Balaban J connectivity index is 2.02. The highest BCUT2D eigenvalue weighted by atomic mass is 32.2. The number of hydrogen-bond acceptors (Lipinski definition) is 3. The second-order valence-corrected chi connectivity index (χ2v) is 4.49. The molecular weight excluding hydrogens is 244 g/mol. The fourth-order valence-electron chi connectivity index (χ4n) is 1.31. The van der Waals surface area contributed by atoms with Crippen molar-refractivity contribution in [3.8, 4) is 0 Å². The van der Waals surface area contributed by atoms with Crippen molar-refractivity contribution in [1.29, 1.82) is 0 Å². The van der Waals surface area contributed by atoms with Crippen molar-refractivity contribution in [2.75, 3.05) is 0 Å². The molecule has 0 aliphatic rings. The summed E-state index contributed by atoms with van der Waals surface area (Å²) in [5, 5.41) is 0.805. The number of rotatable bonds is 4. The molecule has 90 valence electrons. The van der Waals surface area contributed by atoms with E-state index in [1.807, 2.05) is 19.1 Å². The van der Waals surface area contributed by atoms with Gasteiger partial charge in [0, 0.05) is 18.6 Å². The Hall–Kier alpha value is -1.43. The highest BCUT2D eigenvalue weighted by Gasteiger charge is 2.11. The molecule has 0 N–H and O–H groups in total. The number of thioether (sulfide) groups is 1. The van der Waals surface area contributed by atoms with Gasteiger partial charge in [-0.3, -0.25) is 4.57 Å². The molecule has 0 aromatic carbocycles. The van der Waals surface area contributed by atoms with Crippen LogP contribution in [0.15, 0.2) is 35.7 Å². The molecule has 3 nitrogen and oxygen atoms in total. The third-order valence-corrected chi connectivity index (χ3v) is 3.13. The SMILES string of the molecule is Cc1ccc(SCc2nccn2C(F)F)nc1. The van der Waals surface area contributed by atoms with Gasteiger partial charge in [-0.2, -0.15) is 8.78 Å². The predicted octanol–water partition coefficient (Wildman–Crippen LogP) is 3.27. The van der Waals surface area contributed by atoms with Crippen LogP contribution in [0, 0.1) is 6.92 Å². The zero-order valence-corrected chi connectivity index (χ0v) is 9.99. The van der Waals surface area contributed by atoms with Crippen molar-refractivity contribution in [3.63, 3.8) is 0 Å². The minimum absolute atomic E-state index is 0.354. The van der Waals surface area contributed by atoms with E-state index in [9.17, 15) is 8.78 Å². The van der Waals surface area contributed by atoms with Gasteiger partial charge in [0.05, 0.1) is 10.8 Å². The smallest absolute Gasteiger partial charge is 0.277 e. The molecule has 0 amide bonds. The normalized spacial score (nSPS) is 11.1. The van der Waals surface area contributed by atoms with Crippen LogP contribution in [0.2, 0.25) is 0 Å². The first-order chi connectivity index (χ1) is 8.16. The average molecular weight is 255 g/mol. The molecule has 2 aromatic heterocycles. The largest absolute Gasteiger partial charge is 0.319 e. The number of aryl methyl sites for hydroxylation is 1. The molecule has 0 aliphatic heterocycles. The molecular formula is C11H11F2N3S. The van der Waals surface area contributed by atoms with E-state index in [4.69, 9.17) is 0 Å². The second kappa shape index (κ2) is 5.27. The molecule has 0 fully saturated rings. The summed E-state index contributed by atoms with van der Waals surface area (Å²) in [7, 11) is 0. The lowest BCUT2D eigenvalue weighted by atomic mass is 10.3. The van der Waals surface area contributed by atoms with Crippen molar-refractivity contribution >= 4 is 11.8 Å². The van der Waals surface area contributed by atoms with E-state index < -0.39 is 6.55 Å². The van der Waals surface area contributed by atoms with Crippen molar-refractivity contribution in [2.45, 2.75) is 24.3 Å². The van der Waals surface area contributed by atoms with E-state index in [1.54, 1.807) is 6.20 Å². The maximum Gasteiger partial charge on any atom is 0.319 e. The molecule has 0 spiro atoms. The van der Waals surface area contributed by atoms with Gasteiger partial charge < -0.3 is 0 Å². The molecule has 0 radical (unpaired) electrons. The van der Waals surface area contributed by atoms with E-state index in [0.29, 0.717) is 11.6 Å². The molecule has 2 rings (SSSR count). The summed E-state index contributed by atoms with van der Waals surface area (Å²) in [6.45, 7) is -0.593. The standard InChI is InChI=1S/C11H11F2N3S/c1-8-2-3-10(15-6-8)17-7-9-14-4-5-16(9)11(12)13/h2-6,11H,7H2,1H3. The Morgan fingerprint density at radius 3 is 2.82 bits per heavy atom. The summed E-state index contributed by atoms with van der Waals surface area (Å²) >= 11 is 1.39. The van der Waals surface area contributed by atoms with Crippen LogP contribution in [0.5, 0.6) is 0 Å². The molecule has 2 heterocycles. The topological polar surface area (TPSA) is 30.7 Å². The van der Waals surface area contributed by atoms with Crippen LogP contribution < -0.4 is 0 Å². The van der Waals surface area contributed by atoms with E-state index in [0.717, 1.165) is 15.2 Å². The van der Waals surface area contributed by atoms with Crippen LogP contribution in [-0.2, 0) is 5.75 Å². The van der Waals surface area contributed by atoms with Gasteiger partial charge in [-0.1, -0.05) is 17.8 Å². The molecule has 0 saturated carbocycles. The first-order valence-corrected chi connectivity index (χ1v) is 6.00. The molecule has 6 heteroatoms. The lowest BCUT2D eigenvalue weighted by Crippen LogP contribution is -2.02. The molecule has 2 aromatic rings. The van der Waals surface area contributed by atoms with Gasteiger partial charge in [-0.05, 0) is 18.6 Å². The number of aromatic nitrogens is 3. The predicted molar refractivity (Wildman–Crippen MR) is 62.0 cm³/mol. The Kier molecular flexibility index (Phi) is 3.73. The van der Waals surface area contributed by atoms with E-state index in [2.05, 4.69) is 9.97 Å². The fourth-order valence-corrected chi connectivity index (χ4v) is 2.10. The van der Waals surface area contributed by atoms with Crippen molar-refractivity contribution in [3.05, 3.63) is 42.1 Å². The van der Waals surface area contributed by atoms with Crippen LogP contribution >= 0.6 is 11.8 Å². The Morgan fingerprint density at radius 2 is 2.18 bits per heavy atom.